The van der Waals surface area contributed by atoms with Gasteiger partial charge in [0, 0.05) is 0 Å². The Balaban J connectivity index is 2.16. The molecule has 0 bridgehead atoms. The molecule has 1 saturated carbocycles. The van der Waals surface area contributed by atoms with Crippen LogP contribution < -0.4 is 0 Å². The zero-order valence-electron chi connectivity index (χ0n) is 10.3. The second-order valence-electron chi connectivity index (χ2n) is 5.24. The predicted molar refractivity (Wildman–Crippen MR) is 61.8 cm³/mol. The van der Waals surface area contributed by atoms with Crippen molar-refractivity contribution in [3.63, 3.8) is 0 Å². The van der Waals surface area contributed by atoms with Gasteiger partial charge in [0.15, 0.2) is 0 Å². The number of carbonyl (C=O) groups is 1. The number of carboxylic acids is 1. The van der Waals surface area contributed by atoms with E-state index in [1.165, 1.54) is 25.7 Å². The van der Waals surface area contributed by atoms with E-state index in [0.29, 0.717) is 5.92 Å². The summed E-state index contributed by atoms with van der Waals surface area (Å²) in [6.45, 7) is 6.37. The van der Waals surface area contributed by atoms with E-state index in [1.54, 1.807) is 0 Å². The van der Waals surface area contributed by atoms with Crippen molar-refractivity contribution >= 4 is 5.97 Å². The number of carboxylic acid groups (broad SMARTS) is 1. The van der Waals surface area contributed by atoms with Crippen molar-refractivity contribution in [3.8, 4) is 0 Å². The minimum atomic E-state index is -0.602. The Hall–Kier alpha value is -0.530. The van der Waals surface area contributed by atoms with Gasteiger partial charge >= 0.3 is 5.97 Å². The third-order valence-electron chi connectivity index (χ3n) is 4.22. The second-order valence-corrected chi connectivity index (χ2v) is 5.24. The van der Waals surface area contributed by atoms with E-state index < -0.39 is 5.97 Å². The number of hydrogen-bond donors (Lipinski definition) is 1. The molecule has 0 radical (unpaired) electrons. The lowest BCUT2D eigenvalue weighted by atomic mass is 9.94. The van der Waals surface area contributed by atoms with Gasteiger partial charge in [-0.05, 0) is 31.6 Å². The van der Waals surface area contributed by atoms with E-state index in [4.69, 9.17) is 5.11 Å². The SMILES string of the molecule is CCC(CC)CCCC1CC1(C)C(=O)O. The Kier molecular flexibility index (Phi) is 4.18. The second kappa shape index (κ2) is 5.00. The minimum Gasteiger partial charge on any atom is -0.481 e. The molecule has 0 amide bonds. The van der Waals surface area contributed by atoms with Crippen LogP contribution in [0.5, 0.6) is 0 Å². The Bertz CT molecular complexity index is 221. The Morgan fingerprint density at radius 1 is 1.47 bits per heavy atom. The van der Waals surface area contributed by atoms with Gasteiger partial charge in [-0.2, -0.15) is 0 Å². The molecule has 0 spiro atoms. The molecule has 0 saturated heterocycles. The summed E-state index contributed by atoms with van der Waals surface area (Å²) in [7, 11) is 0. The summed E-state index contributed by atoms with van der Waals surface area (Å²) in [5.41, 5.74) is -0.381. The molecular weight excluding hydrogens is 188 g/mol. The highest BCUT2D eigenvalue weighted by Crippen LogP contribution is 2.55. The maximum Gasteiger partial charge on any atom is 0.309 e. The van der Waals surface area contributed by atoms with Gasteiger partial charge in [-0.15, -0.1) is 0 Å². The molecule has 1 fully saturated rings. The molecule has 2 atom stereocenters. The Labute approximate surface area is 93.1 Å². The number of hydrogen-bond acceptors (Lipinski definition) is 1. The molecule has 2 unspecified atom stereocenters. The van der Waals surface area contributed by atoms with Crippen LogP contribution in [-0.2, 0) is 4.79 Å². The molecule has 1 aliphatic carbocycles. The molecule has 15 heavy (non-hydrogen) atoms. The fraction of sp³-hybridized carbons (Fsp3) is 0.923. The van der Waals surface area contributed by atoms with Gasteiger partial charge < -0.3 is 5.11 Å². The Morgan fingerprint density at radius 3 is 2.47 bits per heavy atom. The van der Waals surface area contributed by atoms with Crippen LogP contribution in [0.3, 0.4) is 0 Å². The molecule has 1 rings (SSSR count). The molecule has 0 aliphatic heterocycles. The fourth-order valence-electron chi connectivity index (χ4n) is 2.49. The first-order valence-corrected chi connectivity index (χ1v) is 6.28. The average molecular weight is 212 g/mol. The highest BCUT2D eigenvalue weighted by Gasteiger charge is 2.55. The first kappa shape index (κ1) is 12.5. The van der Waals surface area contributed by atoms with Gasteiger partial charge in [-0.3, -0.25) is 4.79 Å². The van der Waals surface area contributed by atoms with Crippen LogP contribution >= 0.6 is 0 Å². The molecule has 88 valence electrons. The van der Waals surface area contributed by atoms with Crippen molar-refractivity contribution in [1.82, 2.24) is 0 Å². The minimum absolute atomic E-state index is 0.381. The molecule has 2 heteroatoms. The molecule has 2 nitrogen and oxygen atoms in total. The maximum atomic E-state index is 10.9. The maximum absolute atomic E-state index is 10.9. The molecule has 1 N–H and O–H groups in total. The predicted octanol–water partition coefficient (Wildman–Crippen LogP) is 3.70. The molecule has 0 aromatic rings. The van der Waals surface area contributed by atoms with Crippen LogP contribution in [0.4, 0.5) is 0 Å². The molecule has 0 aromatic heterocycles. The summed E-state index contributed by atoms with van der Waals surface area (Å²) in [5, 5.41) is 8.98. The van der Waals surface area contributed by atoms with Crippen LogP contribution in [-0.4, -0.2) is 11.1 Å². The van der Waals surface area contributed by atoms with Crippen LogP contribution in [0.25, 0.3) is 0 Å². The monoisotopic (exact) mass is 212 g/mol. The summed E-state index contributed by atoms with van der Waals surface area (Å²) < 4.78 is 0. The number of aliphatic carboxylic acids is 1. The van der Waals surface area contributed by atoms with Gasteiger partial charge in [0.2, 0.25) is 0 Å². The van der Waals surface area contributed by atoms with E-state index in [-0.39, 0.29) is 5.41 Å². The summed E-state index contributed by atoms with van der Waals surface area (Å²) in [4.78, 5) is 10.9. The van der Waals surface area contributed by atoms with E-state index in [9.17, 15) is 4.79 Å². The fourth-order valence-corrected chi connectivity index (χ4v) is 2.49. The van der Waals surface area contributed by atoms with Gasteiger partial charge in [0.25, 0.3) is 0 Å². The van der Waals surface area contributed by atoms with Gasteiger partial charge in [-0.1, -0.05) is 39.5 Å². The van der Waals surface area contributed by atoms with Crippen molar-refractivity contribution in [3.05, 3.63) is 0 Å². The first-order chi connectivity index (χ1) is 7.04. The van der Waals surface area contributed by atoms with E-state index >= 15 is 0 Å². The first-order valence-electron chi connectivity index (χ1n) is 6.28. The highest BCUT2D eigenvalue weighted by molar-refractivity contribution is 5.77. The lowest BCUT2D eigenvalue weighted by Gasteiger charge is -2.11. The van der Waals surface area contributed by atoms with Crippen LogP contribution in [0.1, 0.15) is 59.3 Å². The topological polar surface area (TPSA) is 37.3 Å². The molecule has 0 aromatic carbocycles. The zero-order valence-corrected chi connectivity index (χ0v) is 10.3. The largest absolute Gasteiger partial charge is 0.481 e. The Morgan fingerprint density at radius 2 is 2.07 bits per heavy atom. The lowest BCUT2D eigenvalue weighted by Crippen LogP contribution is -2.13. The van der Waals surface area contributed by atoms with Crippen LogP contribution in [0, 0.1) is 17.3 Å². The molecule has 1 aliphatic rings. The van der Waals surface area contributed by atoms with Gasteiger partial charge in [0.1, 0.15) is 0 Å². The van der Waals surface area contributed by atoms with E-state index in [0.717, 1.165) is 18.8 Å². The van der Waals surface area contributed by atoms with Crippen molar-refractivity contribution in [2.24, 2.45) is 17.3 Å². The van der Waals surface area contributed by atoms with Crippen LogP contribution in [0.15, 0.2) is 0 Å². The standard InChI is InChI=1S/C13H24O2/c1-4-10(5-2)7-6-8-11-9-13(11,3)12(14)15/h10-11H,4-9H2,1-3H3,(H,14,15). The van der Waals surface area contributed by atoms with E-state index in [1.807, 2.05) is 6.92 Å². The van der Waals surface area contributed by atoms with Gasteiger partial charge in [0.05, 0.1) is 5.41 Å². The summed E-state index contributed by atoms with van der Waals surface area (Å²) >= 11 is 0. The third kappa shape index (κ3) is 2.96. The average Bonchev–Trinajstić information content (AvgIpc) is 2.86. The van der Waals surface area contributed by atoms with Crippen LogP contribution in [0.2, 0.25) is 0 Å². The summed E-state index contributed by atoms with van der Waals surface area (Å²) in [5.74, 6) is 0.694. The normalized spacial score (nSPS) is 29.5. The zero-order chi connectivity index (χ0) is 11.5. The van der Waals surface area contributed by atoms with Crippen molar-refractivity contribution in [2.45, 2.75) is 59.3 Å². The summed E-state index contributed by atoms with van der Waals surface area (Å²) in [6, 6.07) is 0. The van der Waals surface area contributed by atoms with Crippen molar-refractivity contribution in [1.29, 1.82) is 0 Å². The quantitative estimate of drug-likeness (QED) is 0.698. The smallest absolute Gasteiger partial charge is 0.309 e. The third-order valence-corrected chi connectivity index (χ3v) is 4.22. The van der Waals surface area contributed by atoms with Crippen molar-refractivity contribution < 1.29 is 9.90 Å². The summed E-state index contributed by atoms with van der Waals surface area (Å²) in [6.07, 6.45) is 7.01. The lowest BCUT2D eigenvalue weighted by molar-refractivity contribution is -0.143. The number of rotatable bonds is 7. The van der Waals surface area contributed by atoms with Crippen molar-refractivity contribution in [2.75, 3.05) is 0 Å². The van der Waals surface area contributed by atoms with E-state index in [2.05, 4.69) is 13.8 Å². The highest BCUT2D eigenvalue weighted by atomic mass is 16.4. The van der Waals surface area contributed by atoms with Gasteiger partial charge in [-0.25, -0.2) is 0 Å². The molecule has 0 heterocycles. The molecular formula is C13H24O2.